The number of pyridine rings is 1. The van der Waals surface area contributed by atoms with Gasteiger partial charge in [0.15, 0.2) is 9.84 Å². The summed E-state index contributed by atoms with van der Waals surface area (Å²) in [5.41, 5.74) is 0. The monoisotopic (exact) mass is 298 g/mol. The fourth-order valence-corrected chi connectivity index (χ4v) is 3.06. The lowest BCUT2D eigenvalue weighted by Gasteiger charge is -2.35. The third-order valence-corrected chi connectivity index (χ3v) is 4.58. The number of hydrogen-bond acceptors (Lipinski definition) is 5. The van der Waals surface area contributed by atoms with Crippen molar-refractivity contribution < 1.29 is 18.3 Å². The first-order valence-corrected chi connectivity index (χ1v) is 8.30. The molecule has 1 aromatic rings. The second-order valence-electron chi connectivity index (χ2n) is 5.41. The van der Waals surface area contributed by atoms with Crippen molar-refractivity contribution in [3.8, 4) is 0 Å². The number of piperidine rings is 1. The quantitative estimate of drug-likeness (QED) is 0.897. The fourth-order valence-electron chi connectivity index (χ4n) is 2.50. The first kappa shape index (κ1) is 14.8. The highest BCUT2D eigenvalue weighted by atomic mass is 32.2. The maximum absolute atomic E-state index is 11.4. The Hall–Kier alpha value is -1.63. The van der Waals surface area contributed by atoms with Gasteiger partial charge in [0.05, 0.1) is 10.8 Å². The van der Waals surface area contributed by atoms with Crippen molar-refractivity contribution in [2.45, 2.75) is 18.2 Å². The zero-order valence-electron chi connectivity index (χ0n) is 11.5. The van der Waals surface area contributed by atoms with E-state index < -0.39 is 21.7 Å². The molecule has 1 fully saturated rings. The lowest BCUT2D eigenvalue weighted by Crippen LogP contribution is -2.42. The Morgan fingerprint density at radius 2 is 2.10 bits per heavy atom. The van der Waals surface area contributed by atoms with Crippen LogP contribution in [0.1, 0.15) is 13.3 Å². The van der Waals surface area contributed by atoms with Gasteiger partial charge in [-0.15, -0.1) is 0 Å². The molecule has 20 heavy (non-hydrogen) atoms. The molecule has 7 heteroatoms. The van der Waals surface area contributed by atoms with Crippen LogP contribution in [0, 0.1) is 11.8 Å². The lowest BCUT2D eigenvalue weighted by molar-refractivity contribution is -0.142. The van der Waals surface area contributed by atoms with E-state index in [0.29, 0.717) is 18.8 Å². The molecule has 2 unspecified atom stereocenters. The van der Waals surface area contributed by atoms with Crippen molar-refractivity contribution in [3.63, 3.8) is 0 Å². The first-order chi connectivity index (χ1) is 9.27. The number of carbonyl (C=O) groups is 1. The molecule has 1 saturated heterocycles. The van der Waals surface area contributed by atoms with Gasteiger partial charge in [-0.05, 0) is 24.5 Å². The van der Waals surface area contributed by atoms with Crippen LogP contribution < -0.4 is 4.90 Å². The molecule has 1 aliphatic rings. The van der Waals surface area contributed by atoms with E-state index in [1.54, 1.807) is 6.07 Å². The Balaban J connectivity index is 2.20. The maximum Gasteiger partial charge on any atom is 0.308 e. The van der Waals surface area contributed by atoms with Crippen LogP contribution in [0.4, 0.5) is 5.82 Å². The Morgan fingerprint density at radius 3 is 2.60 bits per heavy atom. The summed E-state index contributed by atoms with van der Waals surface area (Å²) in [5.74, 6) is -0.319. The molecule has 0 amide bonds. The van der Waals surface area contributed by atoms with Gasteiger partial charge in [-0.3, -0.25) is 4.79 Å². The molecule has 0 aliphatic carbocycles. The molecule has 1 N–H and O–H groups in total. The summed E-state index contributed by atoms with van der Waals surface area (Å²) < 4.78 is 22.8. The van der Waals surface area contributed by atoms with Crippen molar-refractivity contribution in [1.82, 2.24) is 4.98 Å². The van der Waals surface area contributed by atoms with E-state index in [-0.39, 0.29) is 10.8 Å². The zero-order chi connectivity index (χ0) is 14.9. The average molecular weight is 298 g/mol. The topological polar surface area (TPSA) is 87.6 Å². The van der Waals surface area contributed by atoms with E-state index in [4.69, 9.17) is 5.11 Å². The van der Waals surface area contributed by atoms with Crippen LogP contribution in [-0.2, 0) is 14.6 Å². The Kier molecular flexibility index (Phi) is 3.99. The van der Waals surface area contributed by atoms with Crippen molar-refractivity contribution in [3.05, 3.63) is 18.3 Å². The van der Waals surface area contributed by atoms with Crippen LogP contribution in [0.25, 0.3) is 0 Å². The summed E-state index contributed by atoms with van der Waals surface area (Å²) >= 11 is 0. The third kappa shape index (κ3) is 3.27. The highest BCUT2D eigenvalue weighted by Crippen LogP contribution is 2.26. The van der Waals surface area contributed by atoms with Crippen LogP contribution in [0.3, 0.4) is 0 Å². The van der Waals surface area contributed by atoms with Gasteiger partial charge in [0.2, 0.25) is 0 Å². The normalized spacial score (nSPS) is 23.6. The molecular formula is C13H18N2O4S. The van der Waals surface area contributed by atoms with Crippen molar-refractivity contribution in [2.75, 3.05) is 24.2 Å². The van der Waals surface area contributed by atoms with Crippen LogP contribution in [0.5, 0.6) is 0 Å². The molecule has 110 valence electrons. The molecule has 2 rings (SSSR count). The van der Waals surface area contributed by atoms with Crippen LogP contribution >= 0.6 is 0 Å². The predicted molar refractivity (Wildman–Crippen MR) is 74.5 cm³/mol. The van der Waals surface area contributed by atoms with Gasteiger partial charge in [-0.2, -0.15) is 0 Å². The number of aromatic nitrogens is 1. The molecule has 0 radical (unpaired) electrons. The van der Waals surface area contributed by atoms with Crippen LogP contribution in [0.2, 0.25) is 0 Å². The Morgan fingerprint density at radius 1 is 1.40 bits per heavy atom. The Bertz CT molecular complexity index is 597. The number of anilines is 1. The van der Waals surface area contributed by atoms with E-state index >= 15 is 0 Å². The average Bonchev–Trinajstić information content (AvgIpc) is 2.37. The fraction of sp³-hybridized carbons (Fsp3) is 0.538. The van der Waals surface area contributed by atoms with Gasteiger partial charge >= 0.3 is 5.97 Å². The second kappa shape index (κ2) is 5.40. The number of nitrogens with zero attached hydrogens (tertiary/aromatic N) is 2. The zero-order valence-corrected chi connectivity index (χ0v) is 12.3. The summed E-state index contributed by atoms with van der Waals surface area (Å²) in [6.07, 6.45) is 3.11. The third-order valence-electron chi connectivity index (χ3n) is 3.48. The van der Waals surface area contributed by atoms with Gasteiger partial charge in [0.25, 0.3) is 0 Å². The second-order valence-corrected chi connectivity index (χ2v) is 7.42. The number of rotatable bonds is 3. The molecule has 6 nitrogen and oxygen atoms in total. The van der Waals surface area contributed by atoms with Gasteiger partial charge in [-0.25, -0.2) is 13.4 Å². The minimum atomic E-state index is -3.26. The largest absolute Gasteiger partial charge is 0.481 e. The number of carboxylic acids is 1. The molecule has 1 aliphatic heterocycles. The molecule has 2 heterocycles. The summed E-state index contributed by atoms with van der Waals surface area (Å²) in [5, 5.41) is 9.15. The minimum absolute atomic E-state index is 0.168. The van der Waals surface area contributed by atoms with Gasteiger partial charge < -0.3 is 10.0 Å². The lowest BCUT2D eigenvalue weighted by atomic mass is 9.90. The SMILES string of the molecule is CC1CC(C(=O)O)CN(c2ccc(S(C)(=O)=O)cn2)C1. The van der Waals surface area contributed by atoms with Crippen molar-refractivity contribution >= 4 is 21.6 Å². The van der Waals surface area contributed by atoms with Crippen LogP contribution in [0.15, 0.2) is 23.2 Å². The van der Waals surface area contributed by atoms with Crippen molar-refractivity contribution in [2.24, 2.45) is 11.8 Å². The van der Waals surface area contributed by atoms with Gasteiger partial charge in [0.1, 0.15) is 5.82 Å². The molecule has 1 aromatic heterocycles. The van der Waals surface area contributed by atoms with E-state index in [1.165, 1.54) is 12.3 Å². The van der Waals surface area contributed by atoms with Gasteiger partial charge in [0, 0.05) is 25.5 Å². The van der Waals surface area contributed by atoms with E-state index in [2.05, 4.69) is 4.98 Å². The molecule has 0 saturated carbocycles. The number of sulfone groups is 1. The molecule has 0 spiro atoms. The summed E-state index contributed by atoms with van der Waals surface area (Å²) in [7, 11) is -3.26. The molecule has 0 bridgehead atoms. The maximum atomic E-state index is 11.4. The minimum Gasteiger partial charge on any atom is -0.481 e. The smallest absolute Gasteiger partial charge is 0.308 e. The first-order valence-electron chi connectivity index (χ1n) is 6.41. The van der Waals surface area contributed by atoms with E-state index in [9.17, 15) is 13.2 Å². The summed E-state index contributed by atoms with van der Waals surface area (Å²) in [6, 6.07) is 3.14. The van der Waals surface area contributed by atoms with Crippen LogP contribution in [-0.4, -0.2) is 43.8 Å². The van der Waals surface area contributed by atoms with E-state index in [0.717, 1.165) is 12.8 Å². The summed E-state index contributed by atoms with van der Waals surface area (Å²) in [4.78, 5) is 17.4. The highest BCUT2D eigenvalue weighted by molar-refractivity contribution is 7.90. The van der Waals surface area contributed by atoms with Crippen molar-refractivity contribution in [1.29, 1.82) is 0 Å². The molecule has 2 atom stereocenters. The summed E-state index contributed by atoms with van der Waals surface area (Å²) in [6.45, 7) is 3.15. The molecular weight excluding hydrogens is 280 g/mol. The number of hydrogen-bond donors (Lipinski definition) is 1. The number of carboxylic acid groups (broad SMARTS) is 1. The van der Waals surface area contributed by atoms with E-state index in [1.807, 2.05) is 11.8 Å². The standard InChI is InChI=1S/C13H18N2O4S/c1-9-5-10(13(16)17)8-15(7-9)12-4-3-11(6-14-12)20(2,18)19/h3-4,6,9-10H,5,7-8H2,1-2H3,(H,16,17). The highest BCUT2D eigenvalue weighted by Gasteiger charge is 2.30. The molecule has 0 aromatic carbocycles. The van der Waals surface area contributed by atoms with Gasteiger partial charge in [-0.1, -0.05) is 6.92 Å². The number of aliphatic carboxylic acids is 1. The Labute approximate surface area is 118 Å². The predicted octanol–water partition coefficient (Wildman–Crippen LogP) is 1.03.